The molecule has 2 bridgehead atoms. The van der Waals surface area contributed by atoms with Crippen molar-refractivity contribution in [2.24, 2.45) is 0 Å². The highest BCUT2D eigenvalue weighted by Gasteiger charge is 2.38. The van der Waals surface area contributed by atoms with Crippen molar-refractivity contribution in [3.63, 3.8) is 0 Å². The van der Waals surface area contributed by atoms with Crippen LogP contribution in [0, 0.1) is 0 Å². The van der Waals surface area contributed by atoms with Crippen molar-refractivity contribution < 1.29 is 13.2 Å². The molecule has 2 atom stereocenters. The van der Waals surface area contributed by atoms with Crippen molar-refractivity contribution in [3.05, 3.63) is 0 Å². The van der Waals surface area contributed by atoms with E-state index in [0.717, 1.165) is 12.8 Å². The van der Waals surface area contributed by atoms with Crippen LogP contribution in [-0.2, 0) is 0 Å². The lowest BCUT2D eigenvalue weighted by Crippen LogP contribution is -2.47. The van der Waals surface area contributed by atoms with Crippen molar-refractivity contribution in [2.75, 3.05) is 19.3 Å². The molecule has 0 aromatic rings. The first-order chi connectivity index (χ1) is 7.96. The van der Waals surface area contributed by atoms with Gasteiger partial charge in [0, 0.05) is 30.4 Å². The summed E-state index contributed by atoms with van der Waals surface area (Å²) in [6, 6.07) is 1.69. The predicted molar refractivity (Wildman–Crippen MR) is 64.1 cm³/mol. The molecule has 1 N–H and O–H groups in total. The molecule has 2 heterocycles. The summed E-state index contributed by atoms with van der Waals surface area (Å²) in [5.74, 6) is 0.116. The Morgan fingerprint density at radius 2 is 1.82 bits per heavy atom. The number of thioether (sulfide) groups is 1. The lowest BCUT2D eigenvalue weighted by atomic mass is 9.98. The summed E-state index contributed by atoms with van der Waals surface area (Å²) in [5, 5.41) is 3.27. The van der Waals surface area contributed by atoms with E-state index in [1.807, 2.05) is 0 Å². The van der Waals surface area contributed by atoms with E-state index in [4.69, 9.17) is 0 Å². The molecule has 2 aliphatic heterocycles. The van der Waals surface area contributed by atoms with Crippen molar-refractivity contribution in [3.8, 4) is 0 Å². The number of fused-ring (bicyclic) bond motifs is 2. The largest absolute Gasteiger partial charge is 0.441 e. The molecular weight excluding hydrogens is 249 g/mol. The van der Waals surface area contributed by atoms with Gasteiger partial charge in [0.05, 0.1) is 0 Å². The average molecular weight is 268 g/mol. The van der Waals surface area contributed by atoms with E-state index in [2.05, 4.69) is 17.3 Å². The summed E-state index contributed by atoms with van der Waals surface area (Å²) in [6.45, 7) is 0.456. The summed E-state index contributed by atoms with van der Waals surface area (Å²) >= 11 is 0.0670. The first kappa shape index (κ1) is 13.5. The molecule has 17 heavy (non-hydrogen) atoms. The Hall–Kier alpha value is 0.0600. The van der Waals surface area contributed by atoms with Crippen LogP contribution in [0.4, 0.5) is 13.2 Å². The van der Waals surface area contributed by atoms with Gasteiger partial charge in [0.2, 0.25) is 0 Å². The Balaban J connectivity index is 1.65. The second-order valence-electron chi connectivity index (χ2n) is 4.97. The number of alkyl halides is 3. The molecule has 100 valence electrons. The van der Waals surface area contributed by atoms with Gasteiger partial charge in [-0.15, -0.1) is 0 Å². The number of hydrogen-bond acceptors (Lipinski definition) is 3. The van der Waals surface area contributed by atoms with E-state index in [1.54, 1.807) is 0 Å². The molecule has 2 unspecified atom stereocenters. The molecule has 0 spiro atoms. The van der Waals surface area contributed by atoms with Gasteiger partial charge in [-0.25, -0.2) is 0 Å². The van der Waals surface area contributed by atoms with Gasteiger partial charge in [0.25, 0.3) is 0 Å². The standard InChI is InChI=1S/C11H19F3N2S/c1-16-9-2-3-10(16)7-8(6-9)15-4-5-17-11(12,13)14/h8-10,15H,2-7H2,1H3. The van der Waals surface area contributed by atoms with Gasteiger partial charge < -0.3 is 10.2 Å². The van der Waals surface area contributed by atoms with E-state index < -0.39 is 5.51 Å². The molecule has 0 aromatic heterocycles. The SMILES string of the molecule is CN1C2CCC1CC(NCCSC(F)(F)F)C2. The second-order valence-corrected chi connectivity index (χ2v) is 6.13. The van der Waals surface area contributed by atoms with Crippen LogP contribution < -0.4 is 5.32 Å². The van der Waals surface area contributed by atoms with Crippen LogP contribution in [0.3, 0.4) is 0 Å². The van der Waals surface area contributed by atoms with Crippen LogP contribution in [0.1, 0.15) is 25.7 Å². The number of piperidine rings is 1. The van der Waals surface area contributed by atoms with Crippen LogP contribution in [0.2, 0.25) is 0 Å². The van der Waals surface area contributed by atoms with Gasteiger partial charge in [-0.1, -0.05) is 0 Å². The maximum absolute atomic E-state index is 11.9. The van der Waals surface area contributed by atoms with Crippen LogP contribution in [0.15, 0.2) is 0 Å². The van der Waals surface area contributed by atoms with E-state index in [-0.39, 0.29) is 17.5 Å². The predicted octanol–water partition coefficient (Wildman–Crippen LogP) is 2.45. The van der Waals surface area contributed by atoms with E-state index in [9.17, 15) is 13.2 Å². The summed E-state index contributed by atoms with van der Waals surface area (Å²) < 4.78 is 35.8. The van der Waals surface area contributed by atoms with Gasteiger partial charge in [-0.3, -0.25) is 0 Å². The minimum absolute atomic E-state index is 0.0670. The lowest BCUT2D eigenvalue weighted by Gasteiger charge is -2.36. The topological polar surface area (TPSA) is 15.3 Å². The first-order valence-corrected chi connectivity index (χ1v) is 7.10. The van der Waals surface area contributed by atoms with Gasteiger partial charge in [-0.2, -0.15) is 13.2 Å². The molecule has 0 aromatic carbocycles. The molecule has 2 aliphatic rings. The fraction of sp³-hybridized carbons (Fsp3) is 1.00. The lowest BCUT2D eigenvalue weighted by molar-refractivity contribution is -0.0327. The second kappa shape index (κ2) is 5.36. The zero-order valence-electron chi connectivity index (χ0n) is 9.96. The van der Waals surface area contributed by atoms with Gasteiger partial charge in [0.1, 0.15) is 0 Å². The van der Waals surface area contributed by atoms with Gasteiger partial charge in [-0.05, 0) is 44.5 Å². The van der Waals surface area contributed by atoms with Crippen LogP contribution in [0.5, 0.6) is 0 Å². The number of halogens is 3. The zero-order valence-corrected chi connectivity index (χ0v) is 10.8. The first-order valence-electron chi connectivity index (χ1n) is 6.12. The number of nitrogens with one attached hydrogen (secondary N) is 1. The summed E-state index contributed by atoms with van der Waals surface area (Å²) in [6.07, 6.45) is 4.67. The molecule has 0 aliphatic carbocycles. The third-order valence-electron chi connectivity index (χ3n) is 3.90. The van der Waals surface area contributed by atoms with E-state index in [0.29, 0.717) is 24.7 Å². The quantitative estimate of drug-likeness (QED) is 0.789. The molecule has 2 nitrogen and oxygen atoms in total. The highest BCUT2D eigenvalue weighted by atomic mass is 32.2. The smallest absolute Gasteiger partial charge is 0.313 e. The van der Waals surface area contributed by atoms with Crippen LogP contribution >= 0.6 is 11.8 Å². The minimum Gasteiger partial charge on any atom is -0.313 e. The summed E-state index contributed by atoms with van der Waals surface area (Å²) in [5.41, 5.74) is -4.09. The highest BCUT2D eigenvalue weighted by molar-refractivity contribution is 8.00. The normalized spacial score (nSPS) is 34.2. The monoisotopic (exact) mass is 268 g/mol. The third kappa shape index (κ3) is 3.76. The van der Waals surface area contributed by atoms with Gasteiger partial charge >= 0.3 is 5.51 Å². The molecule has 2 saturated heterocycles. The molecule has 2 fully saturated rings. The van der Waals surface area contributed by atoms with Crippen LogP contribution in [0.25, 0.3) is 0 Å². The minimum atomic E-state index is -4.09. The van der Waals surface area contributed by atoms with Crippen molar-refractivity contribution in [1.29, 1.82) is 0 Å². The Kier molecular flexibility index (Phi) is 4.26. The fourth-order valence-corrected chi connectivity index (χ4v) is 3.46. The highest BCUT2D eigenvalue weighted by Crippen LogP contribution is 2.34. The molecule has 2 rings (SSSR count). The Bertz CT molecular complexity index is 246. The maximum Gasteiger partial charge on any atom is 0.441 e. The van der Waals surface area contributed by atoms with Crippen molar-refractivity contribution >= 4 is 11.8 Å². The summed E-state index contributed by atoms with van der Waals surface area (Å²) in [4.78, 5) is 2.43. The number of rotatable bonds is 4. The Labute approximate surface area is 104 Å². The number of hydrogen-bond donors (Lipinski definition) is 1. The van der Waals surface area contributed by atoms with Gasteiger partial charge in [0.15, 0.2) is 0 Å². The Morgan fingerprint density at radius 1 is 1.24 bits per heavy atom. The van der Waals surface area contributed by atoms with E-state index in [1.165, 1.54) is 12.8 Å². The zero-order chi connectivity index (χ0) is 12.5. The molecule has 0 radical (unpaired) electrons. The molecule has 0 saturated carbocycles. The fourth-order valence-electron chi connectivity index (χ4n) is 3.01. The molecular formula is C11H19F3N2S. The summed E-state index contributed by atoms with van der Waals surface area (Å²) in [7, 11) is 2.16. The van der Waals surface area contributed by atoms with Crippen molar-refractivity contribution in [1.82, 2.24) is 10.2 Å². The van der Waals surface area contributed by atoms with Crippen molar-refractivity contribution in [2.45, 2.75) is 49.3 Å². The third-order valence-corrected chi connectivity index (χ3v) is 4.63. The molecule has 0 amide bonds. The molecule has 6 heteroatoms. The van der Waals surface area contributed by atoms with E-state index >= 15 is 0 Å². The van der Waals surface area contributed by atoms with Crippen LogP contribution in [-0.4, -0.2) is 47.9 Å². The maximum atomic E-state index is 11.9. The number of nitrogens with zero attached hydrogens (tertiary/aromatic N) is 1. The average Bonchev–Trinajstić information content (AvgIpc) is 2.49. The Morgan fingerprint density at radius 3 is 2.35 bits per heavy atom.